The quantitative estimate of drug-likeness (QED) is 0.479. The third-order valence-electron chi connectivity index (χ3n) is 4.53. The number of rotatable bonds is 5. The fraction of sp³-hybridized carbons (Fsp3) is 0.0435. The minimum Gasteiger partial charge on any atom is -0.348 e. The molecule has 0 saturated heterocycles. The highest BCUT2D eigenvalue weighted by Gasteiger charge is 2.13. The molecule has 0 aliphatic carbocycles. The second-order valence-corrected chi connectivity index (χ2v) is 7.36. The molecule has 0 fully saturated rings. The lowest BCUT2D eigenvalue weighted by atomic mass is 10.1. The topological polar surface area (TPSA) is 58.2 Å². The molecule has 1 heterocycles. The molecule has 0 saturated carbocycles. The Bertz CT molecular complexity index is 1180. The van der Waals surface area contributed by atoms with Gasteiger partial charge in [-0.1, -0.05) is 36.4 Å². The number of benzene rings is 3. The first kappa shape index (κ1) is 18.8. The van der Waals surface area contributed by atoms with Crippen LogP contribution in [-0.2, 0) is 6.54 Å². The largest absolute Gasteiger partial charge is 0.348 e. The predicted molar refractivity (Wildman–Crippen MR) is 114 cm³/mol. The van der Waals surface area contributed by atoms with Crippen LogP contribution in [0.3, 0.4) is 0 Å². The number of anilines is 1. The van der Waals surface area contributed by atoms with Crippen molar-refractivity contribution in [3.05, 3.63) is 101 Å². The van der Waals surface area contributed by atoms with Crippen molar-refractivity contribution in [2.75, 3.05) is 5.32 Å². The average Bonchev–Trinajstić information content (AvgIpc) is 3.18. The summed E-state index contributed by atoms with van der Waals surface area (Å²) in [4.78, 5) is 24.9. The zero-order chi connectivity index (χ0) is 20.2. The van der Waals surface area contributed by atoms with Gasteiger partial charge in [-0.2, -0.15) is 0 Å². The molecule has 4 nitrogen and oxygen atoms in total. The third-order valence-corrected chi connectivity index (χ3v) is 5.49. The van der Waals surface area contributed by atoms with Crippen LogP contribution >= 0.6 is 11.3 Å². The number of carbonyl (C=O) groups is 2. The molecular weight excluding hydrogens is 387 g/mol. The zero-order valence-electron chi connectivity index (χ0n) is 15.3. The highest BCUT2D eigenvalue weighted by atomic mass is 32.1. The van der Waals surface area contributed by atoms with Crippen molar-refractivity contribution in [3.63, 3.8) is 0 Å². The van der Waals surface area contributed by atoms with E-state index < -0.39 is 0 Å². The van der Waals surface area contributed by atoms with E-state index in [-0.39, 0.29) is 24.2 Å². The van der Waals surface area contributed by atoms with Crippen molar-refractivity contribution < 1.29 is 14.0 Å². The highest BCUT2D eigenvalue weighted by molar-refractivity contribution is 7.17. The van der Waals surface area contributed by atoms with E-state index in [1.807, 2.05) is 29.6 Å². The van der Waals surface area contributed by atoms with Gasteiger partial charge in [0.2, 0.25) is 0 Å². The van der Waals surface area contributed by atoms with Crippen molar-refractivity contribution >= 4 is 38.9 Å². The summed E-state index contributed by atoms with van der Waals surface area (Å²) in [6, 6.07) is 20.6. The summed E-state index contributed by atoms with van der Waals surface area (Å²) < 4.78 is 14.7. The van der Waals surface area contributed by atoms with Crippen molar-refractivity contribution in [3.8, 4) is 0 Å². The number of halogens is 1. The molecule has 0 bridgehead atoms. The minimum atomic E-state index is -0.355. The molecule has 1 aromatic heterocycles. The fourth-order valence-corrected chi connectivity index (χ4v) is 3.92. The molecule has 29 heavy (non-hydrogen) atoms. The van der Waals surface area contributed by atoms with Gasteiger partial charge in [-0.3, -0.25) is 9.59 Å². The maximum Gasteiger partial charge on any atom is 0.257 e. The molecule has 4 rings (SSSR count). The monoisotopic (exact) mass is 404 g/mol. The van der Waals surface area contributed by atoms with Gasteiger partial charge in [0.25, 0.3) is 11.8 Å². The lowest BCUT2D eigenvalue weighted by Crippen LogP contribution is -2.23. The zero-order valence-corrected chi connectivity index (χ0v) is 16.1. The Kier molecular flexibility index (Phi) is 5.35. The number of thiophene rings is 1. The second-order valence-electron chi connectivity index (χ2n) is 6.45. The van der Waals surface area contributed by atoms with Crippen LogP contribution in [0.1, 0.15) is 26.3 Å². The molecular formula is C23H17FN2O2S. The normalized spacial score (nSPS) is 10.7. The van der Waals surface area contributed by atoms with E-state index in [2.05, 4.69) is 10.6 Å². The molecule has 6 heteroatoms. The van der Waals surface area contributed by atoms with Crippen LogP contribution in [0.5, 0.6) is 0 Å². The van der Waals surface area contributed by atoms with E-state index in [9.17, 15) is 14.0 Å². The van der Waals surface area contributed by atoms with Crippen LogP contribution in [-0.4, -0.2) is 11.8 Å². The number of nitrogens with one attached hydrogen (secondary N) is 2. The van der Waals surface area contributed by atoms with Crippen LogP contribution in [0.2, 0.25) is 0 Å². The predicted octanol–water partition coefficient (Wildman–Crippen LogP) is 5.22. The first-order valence-corrected chi connectivity index (χ1v) is 9.89. The molecule has 0 unspecified atom stereocenters. The summed E-state index contributed by atoms with van der Waals surface area (Å²) in [5, 5.41) is 8.30. The van der Waals surface area contributed by atoms with Gasteiger partial charge in [0, 0.05) is 38.8 Å². The van der Waals surface area contributed by atoms with Gasteiger partial charge in [0.05, 0.1) is 5.56 Å². The summed E-state index contributed by atoms with van der Waals surface area (Å²) in [5.74, 6) is -0.860. The molecule has 144 valence electrons. The maximum absolute atomic E-state index is 13.6. The third kappa shape index (κ3) is 4.17. The van der Waals surface area contributed by atoms with E-state index in [0.29, 0.717) is 22.4 Å². The molecule has 0 radical (unpaired) electrons. The number of carbonyl (C=O) groups excluding carboxylic acids is 2. The lowest BCUT2D eigenvalue weighted by Gasteiger charge is -2.08. The van der Waals surface area contributed by atoms with Gasteiger partial charge in [0.1, 0.15) is 5.82 Å². The van der Waals surface area contributed by atoms with Crippen molar-refractivity contribution in [2.24, 2.45) is 0 Å². The second kappa shape index (κ2) is 8.24. The van der Waals surface area contributed by atoms with Crippen LogP contribution < -0.4 is 10.6 Å². The Morgan fingerprint density at radius 3 is 2.38 bits per heavy atom. The Morgan fingerprint density at radius 1 is 0.862 bits per heavy atom. The number of amides is 2. The Balaban J connectivity index is 1.40. The van der Waals surface area contributed by atoms with Gasteiger partial charge in [0.15, 0.2) is 0 Å². The minimum absolute atomic E-state index is 0.106. The van der Waals surface area contributed by atoms with Crippen LogP contribution in [0.15, 0.2) is 78.2 Å². The van der Waals surface area contributed by atoms with Gasteiger partial charge in [-0.05, 0) is 36.4 Å². The van der Waals surface area contributed by atoms with Gasteiger partial charge in [-0.15, -0.1) is 11.3 Å². The summed E-state index contributed by atoms with van der Waals surface area (Å²) in [7, 11) is 0. The number of fused-ring (bicyclic) bond motifs is 1. The van der Waals surface area contributed by atoms with Gasteiger partial charge >= 0.3 is 0 Å². The first-order valence-electron chi connectivity index (χ1n) is 9.01. The summed E-state index contributed by atoms with van der Waals surface area (Å²) >= 11 is 1.52. The summed E-state index contributed by atoms with van der Waals surface area (Å²) in [6.45, 7) is 0.106. The van der Waals surface area contributed by atoms with Gasteiger partial charge in [-0.25, -0.2) is 4.39 Å². The molecule has 3 aromatic carbocycles. The van der Waals surface area contributed by atoms with Crippen LogP contribution in [0, 0.1) is 5.82 Å². The van der Waals surface area contributed by atoms with Crippen molar-refractivity contribution in [2.45, 2.75) is 6.54 Å². The van der Waals surface area contributed by atoms with Crippen LogP contribution in [0.25, 0.3) is 10.1 Å². The summed E-state index contributed by atoms with van der Waals surface area (Å²) in [6.07, 6.45) is 0. The van der Waals surface area contributed by atoms with Crippen molar-refractivity contribution in [1.29, 1.82) is 0 Å². The van der Waals surface area contributed by atoms with Gasteiger partial charge < -0.3 is 10.6 Å². The molecule has 2 N–H and O–H groups in total. The summed E-state index contributed by atoms with van der Waals surface area (Å²) in [5.41, 5.74) is 2.07. The Hall–Kier alpha value is -3.51. The molecule has 4 aromatic rings. The smallest absolute Gasteiger partial charge is 0.257 e. The molecule has 0 atom stereocenters. The average molecular weight is 404 g/mol. The fourth-order valence-electron chi connectivity index (χ4n) is 2.98. The molecule has 0 spiro atoms. The molecule has 0 aliphatic heterocycles. The van der Waals surface area contributed by atoms with E-state index in [4.69, 9.17) is 0 Å². The van der Waals surface area contributed by atoms with E-state index in [1.54, 1.807) is 42.5 Å². The number of hydrogen-bond donors (Lipinski definition) is 2. The first-order chi connectivity index (χ1) is 14.1. The SMILES string of the molecule is O=C(NCc1ccccc1F)c1ccc(NC(=O)c2csc3ccccc23)cc1. The molecule has 0 aliphatic rings. The van der Waals surface area contributed by atoms with Crippen molar-refractivity contribution in [1.82, 2.24) is 5.32 Å². The number of hydrogen-bond acceptors (Lipinski definition) is 3. The Morgan fingerprint density at radius 2 is 1.59 bits per heavy atom. The van der Waals surface area contributed by atoms with Crippen LogP contribution in [0.4, 0.5) is 10.1 Å². The maximum atomic E-state index is 13.6. The molecule has 2 amide bonds. The lowest BCUT2D eigenvalue weighted by molar-refractivity contribution is 0.0950. The van der Waals surface area contributed by atoms with E-state index in [0.717, 1.165) is 10.1 Å². The van der Waals surface area contributed by atoms with E-state index >= 15 is 0 Å². The van der Waals surface area contributed by atoms with E-state index in [1.165, 1.54) is 17.4 Å². The Labute approximate surface area is 171 Å². The standard InChI is InChI=1S/C23H17FN2O2S/c24-20-7-3-1-5-16(20)13-25-22(27)15-9-11-17(12-10-15)26-23(28)19-14-29-21-8-4-2-6-18(19)21/h1-12,14H,13H2,(H,25,27)(H,26,28). The highest BCUT2D eigenvalue weighted by Crippen LogP contribution is 2.26.